The Morgan fingerprint density at radius 1 is 1.03 bits per heavy atom. The summed E-state index contributed by atoms with van der Waals surface area (Å²) in [7, 11) is 0. The number of hydrogen-bond acceptors (Lipinski definition) is 8. The zero-order chi connectivity index (χ0) is 23.6. The molecule has 33 heavy (non-hydrogen) atoms. The number of piperidine rings is 1. The molecule has 1 aromatic rings. The van der Waals surface area contributed by atoms with Crippen LogP contribution in [-0.4, -0.2) is 54.4 Å². The van der Waals surface area contributed by atoms with Gasteiger partial charge < -0.3 is 20.1 Å². The number of benzene rings is 1. The first-order valence-electron chi connectivity index (χ1n) is 11.1. The van der Waals surface area contributed by atoms with Gasteiger partial charge in [0.05, 0.1) is 24.1 Å². The maximum Gasteiger partial charge on any atom is 0.413 e. The quantitative estimate of drug-likeness (QED) is 0.465. The Morgan fingerprint density at radius 2 is 1.82 bits per heavy atom. The first kappa shape index (κ1) is 24.8. The van der Waals surface area contributed by atoms with E-state index in [1.165, 1.54) is 11.8 Å². The van der Waals surface area contributed by atoms with E-state index < -0.39 is 35.6 Å². The van der Waals surface area contributed by atoms with Gasteiger partial charge in [0.1, 0.15) is 6.61 Å². The van der Waals surface area contributed by atoms with E-state index in [0.29, 0.717) is 31.6 Å². The van der Waals surface area contributed by atoms with Crippen LogP contribution < -0.4 is 21.3 Å². The SMILES string of the molecule is CCOC(=O)NC(=O)C1CCSC1NC(=O)C1CCNC(NC(=O)OCc2ccccc2)C1. The fraction of sp³-hybridized carbons (Fsp3) is 0.545. The standard InChI is InChI=1S/C22H30N4O6S/c1-2-31-22(30)26-19(28)16-9-11-33-20(16)25-18(27)15-8-10-23-17(12-15)24-21(29)32-13-14-6-4-3-5-7-14/h3-7,15-17,20,23H,2,8-13H2,1H3,(H,24,29)(H,25,27)(H,26,28,30). The van der Waals surface area contributed by atoms with Gasteiger partial charge in [0.2, 0.25) is 11.8 Å². The molecule has 1 aromatic carbocycles. The largest absolute Gasteiger partial charge is 0.450 e. The molecule has 2 saturated heterocycles. The van der Waals surface area contributed by atoms with Crippen LogP contribution >= 0.6 is 11.8 Å². The van der Waals surface area contributed by atoms with Gasteiger partial charge in [0.25, 0.3) is 0 Å². The Morgan fingerprint density at radius 3 is 2.58 bits per heavy atom. The molecule has 10 nitrogen and oxygen atoms in total. The minimum absolute atomic E-state index is 0.164. The highest BCUT2D eigenvalue weighted by Crippen LogP contribution is 2.31. The van der Waals surface area contributed by atoms with E-state index in [1.807, 2.05) is 30.3 Å². The number of alkyl carbamates (subject to hydrolysis) is 2. The zero-order valence-corrected chi connectivity index (χ0v) is 19.3. The van der Waals surface area contributed by atoms with Crippen molar-refractivity contribution < 1.29 is 28.7 Å². The molecule has 0 aromatic heterocycles. The number of hydrogen-bond donors (Lipinski definition) is 4. The average molecular weight is 479 g/mol. The summed E-state index contributed by atoms with van der Waals surface area (Å²) in [5.41, 5.74) is 0.886. The van der Waals surface area contributed by atoms with Crippen LogP contribution in [0.25, 0.3) is 0 Å². The molecule has 4 amide bonds. The number of carbonyl (C=O) groups is 4. The topological polar surface area (TPSA) is 135 Å². The molecule has 0 bridgehead atoms. The fourth-order valence-corrected chi connectivity index (χ4v) is 5.13. The van der Waals surface area contributed by atoms with E-state index in [1.54, 1.807) is 6.92 Å². The van der Waals surface area contributed by atoms with Gasteiger partial charge in [0, 0.05) is 5.92 Å². The predicted molar refractivity (Wildman–Crippen MR) is 122 cm³/mol. The van der Waals surface area contributed by atoms with E-state index in [2.05, 4.69) is 21.3 Å². The molecule has 0 saturated carbocycles. The second kappa shape index (κ2) is 12.4. The molecule has 4 atom stereocenters. The van der Waals surface area contributed by atoms with Crippen molar-refractivity contribution in [3.05, 3.63) is 35.9 Å². The van der Waals surface area contributed by atoms with Crippen molar-refractivity contribution in [2.24, 2.45) is 11.8 Å². The van der Waals surface area contributed by atoms with Crippen LogP contribution in [0.15, 0.2) is 30.3 Å². The fourth-order valence-electron chi connectivity index (χ4n) is 3.79. The molecule has 0 radical (unpaired) electrons. The molecule has 11 heteroatoms. The molecular weight excluding hydrogens is 448 g/mol. The molecule has 3 rings (SSSR count). The monoisotopic (exact) mass is 478 g/mol. The Bertz CT molecular complexity index is 839. The number of ether oxygens (including phenoxy) is 2. The van der Waals surface area contributed by atoms with Crippen molar-refractivity contribution >= 4 is 35.8 Å². The van der Waals surface area contributed by atoms with Crippen LogP contribution in [0, 0.1) is 11.8 Å². The Balaban J connectivity index is 1.45. The van der Waals surface area contributed by atoms with Crippen molar-refractivity contribution in [3.8, 4) is 0 Å². The summed E-state index contributed by atoms with van der Waals surface area (Å²) in [5.74, 6) is -0.744. The average Bonchev–Trinajstić information content (AvgIpc) is 3.27. The lowest BCUT2D eigenvalue weighted by Gasteiger charge is -2.31. The summed E-state index contributed by atoms with van der Waals surface area (Å²) in [5, 5.41) is 10.7. The van der Waals surface area contributed by atoms with Crippen LogP contribution in [0.1, 0.15) is 31.7 Å². The number of amides is 4. The second-order valence-electron chi connectivity index (χ2n) is 7.84. The van der Waals surface area contributed by atoms with Gasteiger partial charge in [-0.15, -0.1) is 11.8 Å². The number of thioether (sulfide) groups is 1. The van der Waals surface area contributed by atoms with Crippen LogP contribution in [0.4, 0.5) is 9.59 Å². The molecule has 2 aliphatic heterocycles. The minimum atomic E-state index is -0.782. The Kier molecular flexibility index (Phi) is 9.37. The summed E-state index contributed by atoms with van der Waals surface area (Å²) in [6.07, 6.45) is -0.152. The number of carbonyl (C=O) groups excluding carboxylic acids is 4. The van der Waals surface area contributed by atoms with Gasteiger partial charge in [-0.2, -0.15) is 0 Å². The Labute approximate surface area is 196 Å². The number of rotatable bonds is 7. The highest BCUT2D eigenvalue weighted by atomic mass is 32.2. The van der Waals surface area contributed by atoms with E-state index in [9.17, 15) is 19.2 Å². The predicted octanol–water partition coefficient (Wildman–Crippen LogP) is 1.71. The third-order valence-electron chi connectivity index (χ3n) is 5.49. The van der Waals surface area contributed by atoms with Gasteiger partial charge in [-0.25, -0.2) is 9.59 Å². The smallest absolute Gasteiger partial charge is 0.413 e. The van der Waals surface area contributed by atoms with E-state index in [4.69, 9.17) is 9.47 Å². The molecule has 2 aliphatic rings. The summed E-state index contributed by atoms with van der Waals surface area (Å²) in [6, 6.07) is 9.37. The number of imide groups is 1. The van der Waals surface area contributed by atoms with Crippen LogP contribution in [-0.2, 0) is 25.7 Å². The molecule has 4 N–H and O–H groups in total. The molecule has 0 spiro atoms. The summed E-state index contributed by atoms with van der Waals surface area (Å²) < 4.78 is 10.0. The summed E-state index contributed by atoms with van der Waals surface area (Å²) >= 11 is 1.48. The van der Waals surface area contributed by atoms with Gasteiger partial charge in [-0.3, -0.25) is 20.2 Å². The highest BCUT2D eigenvalue weighted by molar-refractivity contribution is 8.00. The lowest BCUT2D eigenvalue weighted by Crippen LogP contribution is -2.53. The summed E-state index contributed by atoms with van der Waals surface area (Å²) in [4.78, 5) is 48.9. The molecule has 180 valence electrons. The second-order valence-corrected chi connectivity index (χ2v) is 9.09. The first-order valence-corrected chi connectivity index (χ1v) is 12.1. The zero-order valence-electron chi connectivity index (χ0n) is 18.5. The maximum absolute atomic E-state index is 12.9. The number of nitrogens with one attached hydrogen (secondary N) is 4. The molecule has 2 fully saturated rings. The van der Waals surface area contributed by atoms with Crippen LogP contribution in [0.3, 0.4) is 0 Å². The van der Waals surface area contributed by atoms with Crippen LogP contribution in [0.5, 0.6) is 0 Å². The minimum Gasteiger partial charge on any atom is -0.450 e. The van der Waals surface area contributed by atoms with Crippen molar-refractivity contribution in [1.29, 1.82) is 0 Å². The van der Waals surface area contributed by atoms with Gasteiger partial charge in [-0.1, -0.05) is 30.3 Å². The lowest BCUT2D eigenvalue weighted by atomic mass is 9.94. The third-order valence-corrected chi connectivity index (χ3v) is 6.77. The van der Waals surface area contributed by atoms with Gasteiger partial charge in [-0.05, 0) is 44.0 Å². The van der Waals surface area contributed by atoms with E-state index in [0.717, 1.165) is 5.56 Å². The van der Waals surface area contributed by atoms with Crippen molar-refractivity contribution in [2.75, 3.05) is 18.9 Å². The molecular formula is C22H30N4O6S. The van der Waals surface area contributed by atoms with Gasteiger partial charge >= 0.3 is 12.2 Å². The van der Waals surface area contributed by atoms with Crippen molar-refractivity contribution in [1.82, 2.24) is 21.3 Å². The highest BCUT2D eigenvalue weighted by Gasteiger charge is 2.37. The Hall–Kier alpha value is -2.79. The summed E-state index contributed by atoms with van der Waals surface area (Å²) in [6.45, 7) is 2.55. The molecule has 4 unspecified atom stereocenters. The lowest BCUT2D eigenvalue weighted by molar-refractivity contribution is -0.128. The van der Waals surface area contributed by atoms with Gasteiger partial charge in [0.15, 0.2) is 0 Å². The maximum atomic E-state index is 12.9. The third kappa shape index (κ3) is 7.64. The molecule has 2 heterocycles. The van der Waals surface area contributed by atoms with E-state index in [-0.39, 0.29) is 25.0 Å². The van der Waals surface area contributed by atoms with Crippen molar-refractivity contribution in [3.63, 3.8) is 0 Å². The van der Waals surface area contributed by atoms with Crippen molar-refractivity contribution in [2.45, 2.75) is 44.3 Å². The first-order chi connectivity index (χ1) is 16.0. The van der Waals surface area contributed by atoms with Crippen LogP contribution in [0.2, 0.25) is 0 Å². The van der Waals surface area contributed by atoms with E-state index >= 15 is 0 Å². The normalized spacial score (nSPS) is 24.4. The molecule has 0 aliphatic carbocycles.